The maximum atomic E-state index is 8.75. The Bertz CT molecular complexity index is 743. The molecule has 0 aliphatic rings. The quantitative estimate of drug-likeness (QED) is 0.616. The first-order valence-corrected chi connectivity index (χ1v) is 7.79. The van der Waals surface area contributed by atoms with Gasteiger partial charge in [0.15, 0.2) is 0 Å². The molecule has 0 atom stereocenters. The molecule has 0 radical (unpaired) electrons. The van der Waals surface area contributed by atoms with Crippen LogP contribution in [0.1, 0.15) is 12.0 Å². The molecule has 7 nitrogen and oxygen atoms in total. The van der Waals surface area contributed by atoms with Crippen molar-refractivity contribution in [3.05, 3.63) is 60.2 Å². The average molecular weight is 325 g/mol. The van der Waals surface area contributed by atoms with Crippen molar-refractivity contribution in [2.75, 3.05) is 13.2 Å². The van der Waals surface area contributed by atoms with Crippen molar-refractivity contribution in [1.82, 2.24) is 25.5 Å². The third-order valence-corrected chi connectivity index (χ3v) is 3.41. The number of hydrogen-bond acceptors (Lipinski definition) is 6. The van der Waals surface area contributed by atoms with Gasteiger partial charge in [-0.05, 0) is 53.2 Å². The van der Waals surface area contributed by atoms with Gasteiger partial charge in [-0.15, -0.1) is 0 Å². The van der Waals surface area contributed by atoms with Crippen molar-refractivity contribution in [2.45, 2.75) is 13.0 Å². The number of aliphatic hydroxyl groups is 1. The molecule has 0 spiro atoms. The van der Waals surface area contributed by atoms with Gasteiger partial charge >= 0.3 is 6.01 Å². The highest BCUT2D eigenvalue weighted by Crippen LogP contribution is 2.21. The lowest BCUT2D eigenvalue weighted by molar-refractivity contribution is 0.286. The molecule has 2 N–H and O–H groups in total. The summed E-state index contributed by atoms with van der Waals surface area (Å²) in [5.41, 5.74) is 1.98. The van der Waals surface area contributed by atoms with E-state index in [-0.39, 0.29) is 6.61 Å². The minimum Gasteiger partial charge on any atom is -0.423 e. The van der Waals surface area contributed by atoms with Crippen LogP contribution in [0, 0.1) is 0 Å². The van der Waals surface area contributed by atoms with Gasteiger partial charge in [0.1, 0.15) is 5.75 Å². The van der Waals surface area contributed by atoms with Crippen molar-refractivity contribution < 1.29 is 9.84 Å². The van der Waals surface area contributed by atoms with Crippen LogP contribution in [0.2, 0.25) is 0 Å². The molecule has 24 heavy (non-hydrogen) atoms. The van der Waals surface area contributed by atoms with Gasteiger partial charge in [-0.3, -0.25) is 0 Å². The summed E-state index contributed by atoms with van der Waals surface area (Å²) in [6, 6.07) is 17.6. The molecule has 3 aromatic rings. The lowest BCUT2D eigenvalue weighted by Crippen LogP contribution is -2.15. The number of ether oxygens (including phenoxy) is 1. The fourth-order valence-electron chi connectivity index (χ4n) is 2.19. The number of tetrazole rings is 1. The van der Waals surface area contributed by atoms with Gasteiger partial charge in [-0.1, -0.05) is 35.4 Å². The minimum absolute atomic E-state index is 0.204. The Hall–Kier alpha value is -2.77. The molecular formula is C17H19N5O2. The monoisotopic (exact) mass is 325 g/mol. The standard InChI is InChI=1S/C17H19N5O2/c23-12-4-11-18-13-14-7-9-16(10-8-14)24-17-19-20-21-22(17)15-5-2-1-3-6-15/h1-3,5-10,18,23H,4,11-13H2. The molecule has 0 aliphatic carbocycles. The summed E-state index contributed by atoms with van der Waals surface area (Å²) in [6.07, 6.45) is 0.753. The highest BCUT2D eigenvalue weighted by Gasteiger charge is 2.10. The molecule has 0 aliphatic heterocycles. The summed E-state index contributed by atoms with van der Waals surface area (Å²) >= 11 is 0. The normalized spacial score (nSPS) is 10.7. The minimum atomic E-state index is 0.204. The maximum Gasteiger partial charge on any atom is 0.345 e. The largest absolute Gasteiger partial charge is 0.423 e. The van der Waals surface area contributed by atoms with Gasteiger partial charge in [0.25, 0.3) is 0 Å². The van der Waals surface area contributed by atoms with E-state index >= 15 is 0 Å². The number of para-hydroxylation sites is 1. The van der Waals surface area contributed by atoms with Crippen LogP contribution in [0.15, 0.2) is 54.6 Å². The van der Waals surface area contributed by atoms with Crippen LogP contribution < -0.4 is 10.1 Å². The Morgan fingerprint density at radius 3 is 2.58 bits per heavy atom. The van der Waals surface area contributed by atoms with E-state index in [1.165, 1.54) is 0 Å². The molecular weight excluding hydrogens is 306 g/mol. The van der Waals surface area contributed by atoms with Crippen molar-refractivity contribution in [3.63, 3.8) is 0 Å². The van der Waals surface area contributed by atoms with E-state index in [2.05, 4.69) is 20.8 Å². The molecule has 0 saturated carbocycles. The first-order valence-electron chi connectivity index (χ1n) is 7.79. The van der Waals surface area contributed by atoms with Gasteiger partial charge in [-0.2, -0.15) is 4.68 Å². The SMILES string of the molecule is OCCCNCc1ccc(Oc2nnnn2-c2ccccc2)cc1. The first-order chi connectivity index (χ1) is 11.9. The smallest absolute Gasteiger partial charge is 0.345 e. The summed E-state index contributed by atoms with van der Waals surface area (Å²) in [4.78, 5) is 0. The number of aromatic nitrogens is 4. The predicted molar refractivity (Wildman–Crippen MR) is 89.1 cm³/mol. The van der Waals surface area contributed by atoms with Crippen LogP contribution in [0.25, 0.3) is 5.69 Å². The summed E-state index contributed by atoms with van der Waals surface area (Å²) < 4.78 is 7.32. The first kappa shape index (κ1) is 16.1. The van der Waals surface area contributed by atoms with Crippen LogP contribution in [-0.4, -0.2) is 38.5 Å². The predicted octanol–water partition coefficient (Wildman–Crippen LogP) is 1.93. The van der Waals surface area contributed by atoms with E-state index in [1.54, 1.807) is 4.68 Å². The number of nitrogens with one attached hydrogen (secondary N) is 1. The molecule has 3 rings (SSSR count). The molecule has 1 heterocycles. The highest BCUT2D eigenvalue weighted by atomic mass is 16.5. The molecule has 0 fully saturated rings. The Balaban J connectivity index is 1.64. The lowest BCUT2D eigenvalue weighted by atomic mass is 10.2. The van der Waals surface area contributed by atoms with Crippen molar-refractivity contribution >= 4 is 0 Å². The van der Waals surface area contributed by atoms with Gasteiger partial charge < -0.3 is 15.2 Å². The zero-order chi connectivity index (χ0) is 16.6. The second kappa shape index (κ2) is 8.19. The van der Waals surface area contributed by atoms with Gasteiger partial charge in [-0.25, -0.2) is 0 Å². The fraction of sp³-hybridized carbons (Fsp3) is 0.235. The lowest BCUT2D eigenvalue weighted by Gasteiger charge is -2.07. The van der Waals surface area contributed by atoms with Crippen LogP contribution in [0.5, 0.6) is 11.8 Å². The van der Waals surface area contributed by atoms with E-state index in [0.29, 0.717) is 11.8 Å². The molecule has 1 aromatic heterocycles. The Kier molecular flexibility index (Phi) is 5.49. The van der Waals surface area contributed by atoms with Crippen LogP contribution in [0.4, 0.5) is 0 Å². The Morgan fingerprint density at radius 2 is 1.83 bits per heavy atom. The van der Waals surface area contributed by atoms with Gasteiger partial charge in [0.2, 0.25) is 0 Å². The second-order valence-corrected chi connectivity index (χ2v) is 5.21. The number of rotatable bonds is 8. The molecule has 2 aromatic carbocycles. The van der Waals surface area contributed by atoms with E-state index in [4.69, 9.17) is 9.84 Å². The van der Waals surface area contributed by atoms with Crippen molar-refractivity contribution in [1.29, 1.82) is 0 Å². The van der Waals surface area contributed by atoms with Crippen molar-refractivity contribution in [3.8, 4) is 17.4 Å². The molecule has 0 saturated heterocycles. The zero-order valence-corrected chi connectivity index (χ0v) is 13.2. The fourth-order valence-corrected chi connectivity index (χ4v) is 2.19. The number of hydrogen-bond donors (Lipinski definition) is 2. The molecule has 0 bridgehead atoms. The van der Waals surface area contributed by atoms with Crippen molar-refractivity contribution in [2.24, 2.45) is 0 Å². The van der Waals surface area contributed by atoms with E-state index in [9.17, 15) is 0 Å². The van der Waals surface area contributed by atoms with E-state index in [0.717, 1.165) is 30.8 Å². The molecule has 0 unspecified atom stereocenters. The third-order valence-electron chi connectivity index (χ3n) is 3.41. The summed E-state index contributed by atoms with van der Waals surface area (Å²) in [7, 11) is 0. The summed E-state index contributed by atoms with van der Waals surface area (Å²) in [5, 5.41) is 23.6. The molecule has 124 valence electrons. The van der Waals surface area contributed by atoms with Crippen LogP contribution >= 0.6 is 0 Å². The van der Waals surface area contributed by atoms with Gasteiger partial charge in [0.05, 0.1) is 5.69 Å². The van der Waals surface area contributed by atoms with E-state index in [1.807, 2.05) is 54.6 Å². The summed E-state index contributed by atoms with van der Waals surface area (Å²) in [5.74, 6) is 0.668. The topological polar surface area (TPSA) is 85.1 Å². The Morgan fingerprint density at radius 1 is 1.04 bits per heavy atom. The zero-order valence-electron chi connectivity index (χ0n) is 13.2. The molecule has 7 heteroatoms. The van der Waals surface area contributed by atoms with Crippen LogP contribution in [0.3, 0.4) is 0 Å². The average Bonchev–Trinajstić information content (AvgIpc) is 3.09. The third kappa shape index (κ3) is 4.15. The molecule has 0 amide bonds. The Labute approximate surface area is 139 Å². The maximum absolute atomic E-state index is 8.75. The second-order valence-electron chi connectivity index (χ2n) is 5.21. The van der Waals surface area contributed by atoms with E-state index < -0.39 is 0 Å². The number of nitrogens with zero attached hydrogens (tertiary/aromatic N) is 4. The highest BCUT2D eigenvalue weighted by molar-refractivity contribution is 5.34. The number of aliphatic hydroxyl groups excluding tert-OH is 1. The van der Waals surface area contributed by atoms with Gasteiger partial charge in [0, 0.05) is 13.2 Å². The number of benzene rings is 2. The summed E-state index contributed by atoms with van der Waals surface area (Å²) in [6.45, 7) is 1.75. The van der Waals surface area contributed by atoms with Crippen LogP contribution in [-0.2, 0) is 6.54 Å².